The van der Waals surface area contributed by atoms with Crippen LogP contribution in [0.4, 0.5) is 11.5 Å². The van der Waals surface area contributed by atoms with Crippen LogP contribution in [-0.2, 0) is 0 Å². The highest BCUT2D eigenvalue weighted by molar-refractivity contribution is 5.89. The lowest BCUT2D eigenvalue weighted by Gasteiger charge is -2.08. The summed E-state index contributed by atoms with van der Waals surface area (Å²) in [5.41, 5.74) is 2.12. The van der Waals surface area contributed by atoms with Crippen molar-refractivity contribution in [3.05, 3.63) is 35.8 Å². The number of ether oxygens (including phenoxy) is 1. The van der Waals surface area contributed by atoms with E-state index in [0.29, 0.717) is 17.4 Å². The molecule has 20 heavy (non-hydrogen) atoms. The highest BCUT2D eigenvalue weighted by Gasteiger charge is 2.13. The van der Waals surface area contributed by atoms with Crippen molar-refractivity contribution in [2.75, 3.05) is 12.4 Å². The van der Waals surface area contributed by atoms with Crippen molar-refractivity contribution in [3.8, 4) is 5.75 Å². The number of nitrogens with zero attached hydrogens (tertiary/aromatic N) is 3. The zero-order valence-electron chi connectivity index (χ0n) is 11.5. The van der Waals surface area contributed by atoms with Gasteiger partial charge in [0.2, 0.25) is 0 Å². The van der Waals surface area contributed by atoms with E-state index in [0.717, 1.165) is 22.5 Å². The van der Waals surface area contributed by atoms with Crippen LogP contribution in [0.25, 0.3) is 11.1 Å². The summed E-state index contributed by atoms with van der Waals surface area (Å²) in [5, 5.41) is 7.98. The number of anilines is 2. The van der Waals surface area contributed by atoms with E-state index in [1.54, 1.807) is 7.11 Å². The molecule has 0 amide bonds. The quantitative estimate of drug-likeness (QED) is 0.788. The van der Waals surface area contributed by atoms with E-state index in [9.17, 15) is 0 Å². The third-order valence-electron chi connectivity index (χ3n) is 2.95. The van der Waals surface area contributed by atoms with Gasteiger partial charge in [-0.15, -0.1) is 0 Å². The zero-order chi connectivity index (χ0) is 14.1. The number of hydrogen-bond acceptors (Lipinski definition) is 6. The topological polar surface area (TPSA) is 73.1 Å². The number of hydrogen-bond donors (Lipinski definition) is 1. The first-order valence-corrected chi connectivity index (χ1v) is 6.19. The number of nitrogens with one attached hydrogen (secondary N) is 1. The Hall–Kier alpha value is -2.63. The second kappa shape index (κ2) is 4.80. The fraction of sp³-hybridized carbons (Fsp3) is 0.214. The van der Waals surface area contributed by atoms with Gasteiger partial charge in [0.15, 0.2) is 0 Å². The van der Waals surface area contributed by atoms with Gasteiger partial charge in [0.1, 0.15) is 22.8 Å². The Kier molecular flexibility index (Phi) is 2.98. The summed E-state index contributed by atoms with van der Waals surface area (Å²) in [4.78, 5) is 8.65. The van der Waals surface area contributed by atoms with Crippen molar-refractivity contribution < 1.29 is 9.26 Å². The van der Waals surface area contributed by atoms with Gasteiger partial charge in [-0.1, -0.05) is 11.2 Å². The first-order chi connectivity index (χ1) is 9.67. The lowest BCUT2D eigenvalue weighted by molar-refractivity contribution is 0.415. The second-order valence-corrected chi connectivity index (χ2v) is 4.42. The maximum absolute atomic E-state index is 5.21. The molecular formula is C14H14N4O2. The highest BCUT2D eigenvalue weighted by Crippen LogP contribution is 2.27. The zero-order valence-corrected chi connectivity index (χ0v) is 11.5. The second-order valence-electron chi connectivity index (χ2n) is 4.42. The molecule has 6 heteroatoms. The van der Waals surface area contributed by atoms with Crippen LogP contribution in [0, 0.1) is 13.8 Å². The molecule has 2 aromatic heterocycles. The van der Waals surface area contributed by atoms with Crippen molar-refractivity contribution in [2.24, 2.45) is 0 Å². The van der Waals surface area contributed by atoms with E-state index < -0.39 is 0 Å². The predicted molar refractivity (Wildman–Crippen MR) is 75.3 cm³/mol. The van der Waals surface area contributed by atoms with E-state index >= 15 is 0 Å². The van der Waals surface area contributed by atoms with Crippen LogP contribution in [0.2, 0.25) is 0 Å². The first-order valence-electron chi connectivity index (χ1n) is 6.19. The minimum Gasteiger partial charge on any atom is -0.497 e. The summed E-state index contributed by atoms with van der Waals surface area (Å²) in [7, 11) is 1.64. The Bertz CT molecular complexity index is 767. The smallest absolute Gasteiger partial charge is 0.263 e. The molecular weight excluding hydrogens is 256 g/mol. The first kappa shape index (κ1) is 12.4. The minimum atomic E-state index is 0.486. The van der Waals surface area contributed by atoms with Gasteiger partial charge in [0, 0.05) is 11.8 Å². The van der Waals surface area contributed by atoms with Crippen molar-refractivity contribution in [3.63, 3.8) is 0 Å². The lowest BCUT2D eigenvalue weighted by atomic mass is 10.2. The van der Waals surface area contributed by atoms with Gasteiger partial charge in [0.05, 0.1) is 12.8 Å². The summed E-state index contributed by atoms with van der Waals surface area (Å²) in [6, 6.07) is 7.63. The molecule has 0 saturated heterocycles. The van der Waals surface area contributed by atoms with Crippen LogP contribution in [0.3, 0.4) is 0 Å². The average Bonchev–Trinajstić information content (AvgIpc) is 2.80. The van der Waals surface area contributed by atoms with Gasteiger partial charge in [-0.05, 0) is 26.0 Å². The number of methoxy groups -OCH3 is 1. The fourth-order valence-electron chi connectivity index (χ4n) is 2.02. The van der Waals surface area contributed by atoms with E-state index in [1.807, 2.05) is 38.1 Å². The lowest BCUT2D eigenvalue weighted by Crippen LogP contribution is -1.98. The van der Waals surface area contributed by atoms with E-state index in [-0.39, 0.29) is 0 Å². The molecule has 0 fully saturated rings. The molecule has 0 radical (unpaired) electrons. The summed E-state index contributed by atoms with van der Waals surface area (Å²) in [6.45, 7) is 3.68. The third-order valence-corrected chi connectivity index (χ3v) is 2.95. The maximum atomic E-state index is 5.21. The molecule has 0 spiro atoms. The van der Waals surface area contributed by atoms with Crippen molar-refractivity contribution >= 4 is 22.6 Å². The van der Waals surface area contributed by atoms with Crippen LogP contribution in [0.15, 0.2) is 28.8 Å². The van der Waals surface area contributed by atoms with Gasteiger partial charge in [-0.3, -0.25) is 0 Å². The Morgan fingerprint density at radius 2 is 2.05 bits per heavy atom. The molecule has 0 aliphatic rings. The standard InChI is InChI=1S/C14H14N4O2/c1-8-12-13(15-9(2)16-14(12)20-18-8)17-10-5-4-6-11(7-10)19-3/h4-7H,1-3H3,(H,15,16,17). The summed E-state index contributed by atoms with van der Waals surface area (Å²) in [5.74, 6) is 2.08. The molecule has 0 saturated carbocycles. The van der Waals surface area contributed by atoms with Gasteiger partial charge in [0.25, 0.3) is 5.71 Å². The van der Waals surface area contributed by atoms with Crippen molar-refractivity contribution in [1.29, 1.82) is 0 Å². The van der Waals surface area contributed by atoms with Gasteiger partial charge >= 0.3 is 0 Å². The molecule has 6 nitrogen and oxygen atoms in total. The molecule has 0 unspecified atom stereocenters. The maximum Gasteiger partial charge on any atom is 0.263 e. The van der Waals surface area contributed by atoms with Crippen LogP contribution in [0.1, 0.15) is 11.5 Å². The van der Waals surface area contributed by atoms with Crippen LogP contribution in [0.5, 0.6) is 5.75 Å². The number of fused-ring (bicyclic) bond motifs is 1. The van der Waals surface area contributed by atoms with Gasteiger partial charge in [-0.25, -0.2) is 4.98 Å². The van der Waals surface area contributed by atoms with Crippen molar-refractivity contribution in [1.82, 2.24) is 15.1 Å². The van der Waals surface area contributed by atoms with E-state index in [4.69, 9.17) is 9.26 Å². The molecule has 0 atom stereocenters. The molecule has 3 rings (SSSR count). The minimum absolute atomic E-state index is 0.486. The average molecular weight is 270 g/mol. The van der Waals surface area contributed by atoms with Crippen LogP contribution < -0.4 is 10.1 Å². The summed E-state index contributed by atoms with van der Waals surface area (Å²) < 4.78 is 10.4. The number of rotatable bonds is 3. The third kappa shape index (κ3) is 2.16. The summed E-state index contributed by atoms with van der Waals surface area (Å²) >= 11 is 0. The predicted octanol–water partition coefficient (Wildman–Crippen LogP) is 2.99. The summed E-state index contributed by atoms with van der Waals surface area (Å²) in [6.07, 6.45) is 0. The molecule has 0 aliphatic carbocycles. The Morgan fingerprint density at radius 3 is 2.85 bits per heavy atom. The normalized spacial score (nSPS) is 10.8. The van der Waals surface area contributed by atoms with Crippen LogP contribution >= 0.6 is 0 Å². The molecule has 1 aromatic carbocycles. The Labute approximate surface area is 115 Å². The largest absolute Gasteiger partial charge is 0.497 e. The van der Waals surface area contributed by atoms with E-state index in [2.05, 4.69) is 20.4 Å². The molecule has 0 bridgehead atoms. The Balaban J connectivity index is 2.07. The molecule has 0 aliphatic heterocycles. The molecule has 2 heterocycles. The van der Waals surface area contributed by atoms with Crippen LogP contribution in [-0.4, -0.2) is 22.2 Å². The highest BCUT2D eigenvalue weighted by atomic mass is 16.5. The SMILES string of the molecule is COc1cccc(Nc2nc(C)nc3onc(C)c23)c1. The number of aromatic nitrogens is 3. The number of benzene rings is 1. The monoisotopic (exact) mass is 270 g/mol. The van der Waals surface area contributed by atoms with Gasteiger partial charge in [-0.2, -0.15) is 4.98 Å². The van der Waals surface area contributed by atoms with Crippen molar-refractivity contribution in [2.45, 2.75) is 13.8 Å². The molecule has 1 N–H and O–H groups in total. The fourth-order valence-corrected chi connectivity index (χ4v) is 2.02. The molecule has 3 aromatic rings. The van der Waals surface area contributed by atoms with E-state index in [1.165, 1.54) is 0 Å². The van der Waals surface area contributed by atoms with Gasteiger partial charge < -0.3 is 14.6 Å². The molecule has 102 valence electrons. The number of aryl methyl sites for hydroxylation is 2. The Morgan fingerprint density at radius 1 is 1.20 bits per heavy atom.